The quantitative estimate of drug-likeness (QED) is 0.0123. The second kappa shape index (κ2) is 37.0. The van der Waals surface area contributed by atoms with Gasteiger partial charge in [0.15, 0.2) is 11.6 Å². The molecule has 7 N–H and O–H groups in total. The highest BCUT2D eigenvalue weighted by Crippen LogP contribution is 2.44. The number of amides is 7. The molecule has 0 radical (unpaired) electrons. The molecule has 2 aliphatic carbocycles. The van der Waals surface area contributed by atoms with Crippen LogP contribution in [0.1, 0.15) is 158 Å². The zero-order chi connectivity index (χ0) is 79.3. The molecule has 8 heterocycles. The van der Waals surface area contributed by atoms with Crippen LogP contribution in [0.5, 0.6) is 17.5 Å². The number of piperidine rings is 1. The number of unbranched alkanes of at least 4 members (excludes halogenated alkanes) is 3. The summed E-state index contributed by atoms with van der Waals surface area (Å²) in [4.78, 5) is 110. The maximum Gasteiger partial charge on any atom is 0.254 e. The number of benzene rings is 3. The predicted molar refractivity (Wildman–Crippen MR) is 422 cm³/mol. The van der Waals surface area contributed by atoms with Gasteiger partial charge in [0, 0.05) is 131 Å². The van der Waals surface area contributed by atoms with Crippen molar-refractivity contribution in [3.63, 3.8) is 0 Å². The number of carbonyl (C=O) groups is 7. The third kappa shape index (κ3) is 19.7. The molecule has 2 saturated carbocycles. The number of pyridine rings is 1. The van der Waals surface area contributed by atoms with Crippen molar-refractivity contribution in [3.8, 4) is 34.8 Å². The number of nitrogen functional groups attached to an aromatic ring is 1. The van der Waals surface area contributed by atoms with Crippen LogP contribution in [0.25, 0.3) is 11.3 Å². The Hall–Kier alpha value is -10.5. The molecule has 6 aromatic rings. The van der Waals surface area contributed by atoms with Gasteiger partial charge in [-0.15, -0.1) is 10.2 Å². The summed E-state index contributed by atoms with van der Waals surface area (Å²) >= 11 is 0. The molecule has 2 bridgehead atoms. The van der Waals surface area contributed by atoms with Crippen LogP contribution in [0.15, 0.2) is 120 Å². The number of fused-ring (bicyclic) bond motifs is 2. The molecule has 3 aromatic carbocycles. The second-order valence-corrected chi connectivity index (χ2v) is 31.8. The van der Waals surface area contributed by atoms with Gasteiger partial charge in [-0.05, 0) is 175 Å². The highest BCUT2D eigenvalue weighted by Gasteiger charge is 2.52. The number of likely N-dealkylation sites (tertiary alicyclic amines) is 2. The molecule has 0 spiro atoms. The third-order valence-corrected chi connectivity index (χ3v) is 23.1. The highest BCUT2D eigenvalue weighted by atomic mass is 16.5. The number of hydrogen-bond donors (Lipinski definition) is 6. The molecule has 29 heteroatoms. The van der Waals surface area contributed by atoms with Crippen LogP contribution in [-0.4, -0.2) is 215 Å². The van der Waals surface area contributed by atoms with E-state index in [4.69, 9.17) is 29.2 Å². The van der Waals surface area contributed by atoms with Gasteiger partial charge in [-0.1, -0.05) is 56.7 Å². The van der Waals surface area contributed by atoms with E-state index in [0.29, 0.717) is 118 Å². The number of hydrogen-bond acceptors (Lipinski definition) is 23. The first-order valence-corrected chi connectivity index (χ1v) is 40.1. The number of aliphatic hydroxyl groups is 1. The zero-order valence-electron chi connectivity index (χ0n) is 65.3. The minimum absolute atomic E-state index is 0.00385. The van der Waals surface area contributed by atoms with Gasteiger partial charge in [-0.3, -0.25) is 43.4 Å². The monoisotopic (exact) mass is 1550 g/mol. The van der Waals surface area contributed by atoms with Gasteiger partial charge in [0.2, 0.25) is 35.4 Å². The minimum Gasteiger partial charge on any atom is -0.488 e. The SMILES string of the molecule is CC(C)[C@@H](C(=O)N1C[C@H](O)C[C@H]1C(=O)N[C@@H](C)c1ccc(C#N)cc1)c1cc(OCCN2CCC(OC3CC(Oc4cc(N5C6CCC5CN(c5cc(-c7ccccc7OCc7ccc(NC(=O)[C@H](CCCCN(C)C)NC(=O)C8(C(=O)NCCCCCN9C(=O)C=CC9=O)CCC8)cc7)nnc5N)C6)ccn4)C3)CC2)no1. The Labute approximate surface area is 659 Å². The van der Waals surface area contributed by atoms with E-state index in [1.165, 1.54) is 22.0 Å². The molecule has 4 saturated heterocycles. The molecule has 13 rings (SSSR count). The number of β-amino-alcohol motifs (C(OH)–C–C–N with tert-alkyl or cyclic N) is 1. The Morgan fingerprint density at radius 1 is 0.779 bits per heavy atom. The van der Waals surface area contributed by atoms with Crippen LogP contribution in [0, 0.1) is 22.7 Å². The van der Waals surface area contributed by atoms with Crippen molar-refractivity contribution in [1.82, 2.24) is 55.9 Å². The number of aromatic nitrogens is 4. The molecular formula is C84H106N16O13. The van der Waals surface area contributed by atoms with Gasteiger partial charge >= 0.3 is 0 Å². The lowest BCUT2D eigenvalue weighted by Crippen LogP contribution is -2.58. The van der Waals surface area contributed by atoms with Crippen molar-refractivity contribution in [2.75, 3.05) is 100 Å². The number of nitriles is 1. The van der Waals surface area contributed by atoms with Crippen LogP contribution in [0.2, 0.25) is 0 Å². The zero-order valence-corrected chi connectivity index (χ0v) is 65.3. The lowest BCUT2D eigenvalue weighted by atomic mass is 9.67. The summed E-state index contributed by atoms with van der Waals surface area (Å²) in [6.45, 7) is 11.6. The maximum absolute atomic E-state index is 14.2. The van der Waals surface area contributed by atoms with Crippen molar-refractivity contribution in [1.29, 1.82) is 5.26 Å². The number of piperazine rings is 1. The van der Waals surface area contributed by atoms with Crippen molar-refractivity contribution < 1.29 is 62.1 Å². The fourth-order valence-corrected chi connectivity index (χ4v) is 16.5. The molecule has 7 amide bonds. The minimum atomic E-state index is -1.26. The lowest BCUT2D eigenvalue weighted by molar-refractivity contribution is -0.151. The number of para-hydroxylation sites is 1. The molecule has 7 atom stereocenters. The number of anilines is 4. The van der Waals surface area contributed by atoms with Crippen LogP contribution in [0.4, 0.5) is 22.9 Å². The Kier molecular flexibility index (Phi) is 26.3. The fourth-order valence-electron chi connectivity index (χ4n) is 16.5. The summed E-state index contributed by atoms with van der Waals surface area (Å²) in [6, 6.07) is 30.2. The van der Waals surface area contributed by atoms with E-state index in [9.17, 15) is 43.9 Å². The van der Waals surface area contributed by atoms with Gasteiger partial charge in [0.05, 0.1) is 47.4 Å². The number of nitrogens with zero attached hydrogens (tertiary/aromatic N) is 11. The average molecular weight is 1550 g/mol. The maximum atomic E-state index is 14.2. The van der Waals surface area contributed by atoms with E-state index in [1.807, 2.05) is 83.5 Å². The Morgan fingerprint density at radius 2 is 1.52 bits per heavy atom. The Bertz CT molecular complexity index is 4370. The van der Waals surface area contributed by atoms with Crippen molar-refractivity contribution >= 4 is 64.2 Å². The van der Waals surface area contributed by atoms with Gasteiger partial charge in [-0.25, -0.2) is 4.98 Å². The molecule has 2 unspecified atom stereocenters. The van der Waals surface area contributed by atoms with E-state index in [1.54, 1.807) is 42.5 Å². The van der Waals surface area contributed by atoms with Crippen molar-refractivity contribution in [2.24, 2.45) is 11.3 Å². The average Bonchev–Trinajstić information content (AvgIpc) is 1.75. The van der Waals surface area contributed by atoms with E-state index in [2.05, 4.69) is 79.4 Å². The van der Waals surface area contributed by atoms with Crippen LogP contribution in [0.3, 0.4) is 0 Å². The van der Waals surface area contributed by atoms with Gasteiger partial charge < -0.3 is 75.2 Å². The van der Waals surface area contributed by atoms with Crippen molar-refractivity contribution in [3.05, 3.63) is 138 Å². The van der Waals surface area contributed by atoms with Gasteiger partial charge in [-0.2, -0.15) is 5.26 Å². The number of rotatable bonds is 36. The summed E-state index contributed by atoms with van der Waals surface area (Å²) in [5, 5.41) is 45.0. The topological polar surface area (TPSA) is 359 Å². The molecule has 600 valence electrons. The molecule has 113 heavy (non-hydrogen) atoms. The number of aliphatic hydroxyl groups excluding tert-OH is 1. The number of ether oxygens (including phenoxy) is 4. The van der Waals surface area contributed by atoms with Crippen LogP contribution < -0.4 is 51.0 Å². The number of imide groups is 1. The Morgan fingerprint density at radius 3 is 2.23 bits per heavy atom. The number of nitrogens with one attached hydrogen (secondary N) is 4. The van der Waals surface area contributed by atoms with Gasteiger partial charge in [0.1, 0.15) is 48.5 Å². The normalized spacial score (nSPS) is 21.5. The van der Waals surface area contributed by atoms with Crippen LogP contribution in [-0.2, 0) is 44.9 Å². The van der Waals surface area contributed by atoms with Crippen molar-refractivity contribution in [2.45, 2.75) is 191 Å². The predicted octanol–water partition coefficient (Wildman–Crippen LogP) is 8.00. The summed E-state index contributed by atoms with van der Waals surface area (Å²) in [6.07, 6.45) is 14.5. The standard InChI is InChI=1S/C84H106N16O13/c1-53(2)77(81(106)99-51-62(101)43-70(99)80(105)89-54(3)57-21-17-55(48-85)18-22-57)72-47-74(94-113-72)109-41-40-96-38-30-63(31-39-96)111-64-44-65(45-64)112-73-42-59(29-35-87-73)100-60-25-26-61(100)50-97(49-60)69-46-68(92-93-78(69)86)66-14-7-8-16-71(66)110-52-56-19-23-58(24-20-56)90-79(104)67(15-9-12-36-95(4)5)91-83(108)84(32-13-33-84)82(107)88-34-10-6-11-37-98-75(102)27-28-76(98)103/h7-8,14,16-24,27-29,35,42,46-47,53-54,60-65,67,70,77,101H,6,9-13,15,25-26,30-34,36-41,43-45,49-52H2,1-5H3,(H2,86,93)(H,88,107)(H,89,105)(H,90,104)(H,91,108)/t54-,60?,61?,62+,64?,65?,67-,70-,77+/m0/s1. The molecule has 6 fully saturated rings. The molecule has 5 aliphatic heterocycles. The first kappa shape index (κ1) is 80.5. The Balaban J connectivity index is 0.532. The summed E-state index contributed by atoms with van der Waals surface area (Å²) in [5.74, 6) is -1.32. The smallest absolute Gasteiger partial charge is 0.254 e. The third-order valence-electron chi connectivity index (χ3n) is 23.1. The van der Waals surface area contributed by atoms with E-state index in [0.717, 1.165) is 106 Å². The first-order valence-electron chi connectivity index (χ1n) is 40.1. The summed E-state index contributed by atoms with van der Waals surface area (Å²) < 4.78 is 31.4. The molecular weight excluding hydrogens is 1440 g/mol. The molecule has 7 aliphatic rings. The fraction of sp³-hybridized carbons (Fsp3) is 0.524. The number of carbonyl (C=O) groups excluding carboxylic acids is 7. The van der Waals surface area contributed by atoms with Crippen LogP contribution >= 0.6 is 0 Å². The van der Waals surface area contributed by atoms with E-state index in [-0.39, 0.29) is 103 Å². The highest BCUT2D eigenvalue weighted by molar-refractivity contribution is 6.13. The van der Waals surface area contributed by atoms with Gasteiger partial charge in [0.25, 0.3) is 17.7 Å². The van der Waals surface area contributed by atoms with E-state index >= 15 is 0 Å². The largest absolute Gasteiger partial charge is 0.488 e. The second-order valence-electron chi connectivity index (χ2n) is 31.8. The molecule has 3 aromatic heterocycles. The summed E-state index contributed by atoms with van der Waals surface area (Å²) in [5.41, 5.74) is 11.4. The molecule has 29 nitrogen and oxygen atoms in total. The lowest BCUT2D eigenvalue weighted by Gasteiger charge is -2.43. The summed E-state index contributed by atoms with van der Waals surface area (Å²) in [7, 11) is 3.98. The van der Waals surface area contributed by atoms with E-state index < -0.39 is 35.4 Å². The first-order chi connectivity index (χ1) is 54.6. The number of nitrogens with two attached hydrogens (primary N) is 1.